The van der Waals surface area contributed by atoms with Crippen molar-refractivity contribution in [3.63, 3.8) is 0 Å². The van der Waals surface area contributed by atoms with Crippen LogP contribution in [0.25, 0.3) is 0 Å². The van der Waals surface area contributed by atoms with E-state index in [-0.39, 0.29) is 20.1 Å². The number of rotatable bonds is 0. The van der Waals surface area contributed by atoms with E-state index in [2.05, 4.69) is 0 Å². The monoisotopic (exact) mass is 261 g/mol. The summed E-state index contributed by atoms with van der Waals surface area (Å²) in [6, 6.07) is 0. The molecule has 6 nitrogen and oxygen atoms in total. The molecule has 0 rings (SSSR count). The van der Waals surface area contributed by atoms with Crippen molar-refractivity contribution in [2.75, 3.05) is 0 Å². The summed E-state index contributed by atoms with van der Waals surface area (Å²) in [7, 11) is -5.74. The van der Waals surface area contributed by atoms with Crippen LogP contribution in [0, 0.1) is 0 Å². The van der Waals surface area contributed by atoms with E-state index in [1.807, 2.05) is 0 Å². The second-order valence-electron chi connectivity index (χ2n) is 0.505. The molecule has 0 aliphatic carbocycles. The Hall–Kier alpha value is 0.689. The number of hydrogen-bond acceptors (Lipinski definition) is 2. The van der Waals surface area contributed by atoms with Gasteiger partial charge in [0.05, 0.1) is 0 Å². The molecule has 0 aliphatic heterocycles. The molecule has 0 unspecified atom stereocenters. The van der Waals surface area contributed by atoms with Crippen molar-refractivity contribution in [3.8, 4) is 0 Å². The Balaban J connectivity index is -0.0000000720. The third-order valence-electron chi connectivity index (χ3n) is 0. The van der Waals surface area contributed by atoms with E-state index >= 15 is 0 Å². The summed E-state index contributed by atoms with van der Waals surface area (Å²) in [6.07, 6.45) is 0. The minimum atomic E-state index is -2.87. The molecular weight excluding hydrogens is 257 g/mol. The fourth-order valence-electron chi connectivity index (χ4n) is 0. The van der Waals surface area contributed by atoms with Gasteiger partial charge in [-0.1, -0.05) is 0 Å². The average Bonchev–Trinajstić information content (AvgIpc) is 1.25. The van der Waals surface area contributed by atoms with E-state index in [1.165, 1.54) is 0 Å². The van der Waals surface area contributed by atoms with Crippen molar-refractivity contribution in [3.05, 3.63) is 0 Å². The van der Waals surface area contributed by atoms with Crippen LogP contribution in [-0.2, 0) is 29.2 Å². The van der Waals surface area contributed by atoms with Gasteiger partial charge in [-0.3, -0.25) is 0 Å². The standard InChI is InChI=1S/2HO3P.Tc/c2*1-4(2)3;/h2*(H-,1,2,3);/p+2/i;;1+1. The van der Waals surface area contributed by atoms with E-state index in [1.54, 1.807) is 0 Å². The molecule has 9 heteroatoms. The van der Waals surface area contributed by atoms with Gasteiger partial charge in [-0.05, 0) is 0 Å². The van der Waals surface area contributed by atoms with Gasteiger partial charge in [-0.15, -0.1) is 19.6 Å². The Morgan fingerprint density at radius 1 is 0.778 bits per heavy atom. The first-order valence-electron chi connectivity index (χ1n) is 1.17. The van der Waals surface area contributed by atoms with Crippen LogP contribution < -0.4 is 0 Å². The van der Waals surface area contributed by atoms with Crippen LogP contribution in [0.2, 0.25) is 0 Å². The van der Waals surface area contributed by atoms with Gasteiger partial charge in [0.25, 0.3) is 0 Å². The molecule has 4 N–H and O–H groups in total. The summed E-state index contributed by atoms with van der Waals surface area (Å²) in [5.74, 6) is 0. The summed E-state index contributed by atoms with van der Waals surface area (Å²) < 4.78 is 17.4. The Labute approximate surface area is 65.8 Å². The first kappa shape index (κ1) is 16.3. The Kier molecular flexibility index (Phi) is 20.9. The third-order valence-corrected chi connectivity index (χ3v) is 0. The van der Waals surface area contributed by atoms with Crippen LogP contribution >= 0.6 is 16.5 Å². The van der Waals surface area contributed by atoms with Gasteiger partial charge >= 0.3 is 16.5 Å². The molecule has 0 aliphatic rings. The predicted molar refractivity (Wildman–Crippen MR) is 24.1 cm³/mol. The van der Waals surface area contributed by atoms with Gasteiger partial charge in [0.1, 0.15) is 0 Å². The normalized spacial score (nSPS) is 5.78. The minimum Gasteiger partial charge on any atom is -0.134 e. The molecule has 0 saturated carbocycles. The molecule has 1 radical (unpaired) electrons. The largest absolute Gasteiger partial charge is 0.692 e. The molecule has 0 bridgehead atoms. The van der Waals surface area contributed by atoms with Crippen molar-refractivity contribution in [1.29, 1.82) is 0 Å². The van der Waals surface area contributed by atoms with Crippen molar-refractivity contribution >= 4 is 16.5 Å². The van der Waals surface area contributed by atoms with Crippen molar-refractivity contribution in [2.24, 2.45) is 0 Å². The van der Waals surface area contributed by atoms with Gasteiger partial charge in [0, 0.05) is 29.2 Å². The van der Waals surface area contributed by atoms with Crippen LogP contribution in [0.4, 0.5) is 0 Å². The summed E-state index contributed by atoms with van der Waals surface area (Å²) in [4.78, 5) is 28.5. The first-order chi connectivity index (χ1) is 3.46. The quantitative estimate of drug-likeness (QED) is 0.426. The van der Waals surface area contributed by atoms with Crippen molar-refractivity contribution in [1.82, 2.24) is 0 Å². The topological polar surface area (TPSA) is 115 Å². The summed E-state index contributed by atoms with van der Waals surface area (Å²) in [6.45, 7) is 0. The molecule has 0 aromatic carbocycles. The molecular formula is H4O6P2Tc+2. The maximum atomic E-state index is 8.70. The summed E-state index contributed by atoms with van der Waals surface area (Å²) in [5.41, 5.74) is 0. The van der Waals surface area contributed by atoms with Crippen molar-refractivity contribution < 1.29 is 48.8 Å². The smallest absolute Gasteiger partial charge is 0.134 e. The van der Waals surface area contributed by atoms with Gasteiger partial charge in [-0.2, -0.15) is 0 Å². The molecule has 0 fully saturated rings. The van der Waals surface area contributed by atoms with Crippen molar-refractivity contribution in [2.45, 2.75) is 0 Å². The Morgan fingerprint density at radius 3 is 0.778 bits per heavy atom. The summed E-state index contributed by atoms with van der Waals surface area (Å²) >= 11 is 0. The zero-order valence-corrected chi connectivity index (χ0v) is 7.52. The SMILES string of the molecule is O=[P+](O)O.O=[P+](O)O.[99Tc]. The average molecular weight is 261 g/mol. The third kappa shape index (κ3) is 818. The van der Waals surface area contributed by atoms with E-state index in [0.29, 0.717) is 0 Å². The fraction of sp³-hybridized carbons (Fsp3) is 0. The molecule has 0 heterocycles. The van der Waals surface area contributed by atoms with E-state index in [4.69, 9.17) is 28.7 Å². The predicted octanol–water partition coefficient (Wildman–Crippen LogP) is -0.746. The molecule has 9 heavy (non-hydrogen) atoms. The van der Waals surface area contributed by atoms with E-state index in [0.717, 1.165) is 0 Å². The van der Waals surface area contributed by atoms with Crippen LogP contribution in [0.3, 0.4) is 0 Å². The molecule has 0 saturated heterocycles. The second kappa shape index (κ2) is 11.5. The molecule has 0 aromatic rings. The maximum absolute atomic E-state index is 8.70. The van der Waals surface area contributed by atoms with Gasteiger partial charge in [0.2, 0.25) is 0 Å². The summed E-state index contributed by atoms with van der Waals surface area (Å²) in [5, 5.41) is 0. The van der Waals surface area contributed by atoms with Gasteiger partial charge in [-0.25, -0.2) is 0 Å². The minimum absolute atomic E-state index is 0. The molecule has 0 aromatic heterocycles. The maximum Gasteiger partial charge on any atom is 0.692 e. The van der Waals surface area contributed by atoms with E-state index < -0.39 is 16.5 Å². The Bertz CT molecular complexity index is 69.1. The molecule has 55 valence electrons. The zero-order chi connectivity index (χ0) is 7.15. The van der Waals surface area contributed by atoms with E-state index in [9.17, 15) is 0 Å². The fourth-order valence-corrected chi connectivity index (χ4v) is 0. The van der Waals surface area contributed by atoms with Gasteiger partial charge in [0.15, 0.2) is 0 Å². The van der Waals surface area contributed by atoms with Crippen LogP contribution in [0.15, 0.2) is 0 Å². The number of hydrogen-bond donors (Lipinski definition) is 4. The Morgan fingerprint density at radius 2 is 0.778 bits per heavy atom. The van der Waals surface area contributed by atoms with Crippen LogP contribution in [0.1, 0.15) is 0 Å². The molecule has 0 spiro atoms. The van der Waals surface area contributed by atoms with Gasteiger partial charge < -0.3 is 0 Å². The zero-order valence-electron chi connectivity index (χ0n) is 3.88. The second-order valence-corrected chi connectivity index (χ2v) is 1.52. The van der Waals surface area contributed by atoms with Crippen LogP contribution in [0.5, 0.6) is 0 Å². The molecule has 0 atom stereocenters. The van der Waals surface area contributed by atoms with Crippen LogP contribution in [-0.4, -0.2) is 19.6 Å². The molecule has 0 amide bonds. The first-order valence-corrected chi connectivity index (χ1v) is 3.50.